The van der Waals surface area contributed by atoms with Crippen LogP contribution in [0.25, 0.3) is 0 Å². The van der Waals surface area contributed by atoms with Gasteiger partial charge < -0.3 is 10.2 Å². The molecule has 1 atom stereocenters. The second-order valence-corrected chi connectivity index (χ2v) is 7.67. The van der Waals surface area contributed by atoms with Crippen molar-refractivity contribution in [2.75, 3.05) is 34.2 Å². The lowest BCUT2D eigenvalue weighted by Crippen LogP contribution is -2.47. The molecule has 1 aromatic rings. The van der Waals surface area contributed by atoms with Crippen LogP contribution in [0.5, 0.6) is 0 Å². The summed E-state index contributed by atoms with van der Waals surface area (Å²) in [5.74, 6) is 0. The standard InChI is InChI=1S/C15H25N3O2S/c1-16-11-13-7-4-5-9-15(13)21(19,20)18-10-6-8-14(12-18)17(2)3/h4-5,7,9,14,16H,6,8,10-12H2,1-3H3. The average molecular weight is 311 g/mol. The Labute approximate surface area is 128 Å². The number of nitrogens with one attached hydrogen (secondary N) is 1. The number of piperidine rings is 1. The van der Waals surface area contributed by atoms with Crippen molar-refractivity contribution in [1.29, 1.82) is 0 Å². The summed E-state index contributed by atoms with van der Waals surface area (Å²) >= 11 is 0. The van der Waals surface area contributed by atoms with Gasteiger partial charge in [-0.15, -0.1) is 0 Å². The quantitative estimate of drug-likeness (QED) is 0.885. The summed E-state index contributed by atoms with van der Waals surface area (Å²) in [4.78, 5) is 2.54. The number of rotatable bonds is 5. The number of hydrogen-bond acceptors (Lipinski definition) is 4. The molecule has 0 spiro atoms. The normalized spacial score (nSPS) is 20.9. The summed E-state index contributed by atoms with van der Waals surface area (Å²) in [5.41, 5.74) is 0.826. The zero-order valence-electron chi connectivity index (χ0n) is 13.0. The summed E-state index contributed by atoms with van der Waals surface area (Å²) in [5, 5.41) is 3.04. The summed E-state index contributed by atoms with van der Waals surface area (Å²) in [6.45, 7) is 1.74. The van der Waals surface area contributed by atoms with Gasteiger partial charge in [0.2, 0.25) is 10.0 Å². The van der Waals surface area contributed by atoms with Crippen molar-refractivity contribution in [3.63, 3.8) is 0 Å². The lowest BCUT2D eigenvalue weighted by atomic mass is 10.1. The number of likely N-dealkylation sites (N-methyl/N-ethyl adjacent to an activating group) is 1. The van der Waals surface area contributed by atoms with E-state index in [9.17, 15) is 8.42 Å². The molecule has 1 saturated heterocycles. The first-order valence-corrected chi connectivity index (χ1v) is 8.80. The molecule has 6 heteroatoms. The average Bonchev–Trinajstić information content (AvgIpc) is 2.48. The molecule has 0 radical (unpaired) electrons. The molecule has 1 N–H and O–H groups in total. The summed E-state index contributed by atoms with van der Waals surface area (Å²) in [6, 6.07) is 7.55. The molecule has 1 fully saturated rings. The smallest absolute Gasteiger partial charge is 0.243 e. The highest BCUT2D eigenvalue weighted by molar-refractivity contribution is 7.89. The third-order valence-electron chi connectivity index (χ3n) is 4.05. The van der Waals surface area contributed by atoms with Crippen LogP contribution in [0.2, 0.25) is 0 Å². The van der Waals surface area contributed by atoms with Gasteiger partial charge in [0.15, 0.2) is 0 Å². The Morgan fingerprint density at radius 3 is 2.71 bits per heavy atom. The van der Waals surface area contributed by atoms with E-state index in [1.165, 1.54) is 0 Å². The van der Waals surface area contributed by atoms with Crippen LogP contribution in [-0.4, -0.2) is 57.9 Å². The van der Waals surface area contributed by atoms with Gasteiger partial charge in [-0.25, -0.2) is 8.42 Å². The Morgan fingerprint density at radius 1 is 1.33 bits per heavy atom. The first-order valence-electron chi connectivity index (χ1n) is 7.36. The molecule has 0 aliphatic carbocycles. The number of benzene rings is 1. The highest BCUT2D eigenvalue weighted by Crippen LogP contribution is 2.24. The van der Waals surface area contributed by atoms with E-state index in [4.69, 9.17) is 0 Å². The maximum Gasteiger partial charge on any atom is 0.243 e. The van der Waals surface area contributed by atoms with Crippen LogP contribution in [0.15, 0.2) is 29.2 Å². The molecule has 0 bridgehead atoms. The van der Waals surface area contributed by atoms with Gasteiger partial charge in [0.1, 0.15) is 0 Å². The molecule has 1 unspecified atom stereocenters. The molecule has 118 valence electrons. The highest BCUT2D eigenvalue weighted by atomic mass is 32.2. The molecule has 1 aliphatic rings. The number of hydrogen-bond donors (Lipinski definition) is 1. The van der Waals surface area contributed by atoms with Gasteiger partial charge in [-0.3, -0.25) is 0 Å². The number of nitrogens with zero attached hydrogens (tertiary/aromatic N) is 2. The maximum atomic E-state index is 12.9. The number of sulfonamides is 1. The van der Waals surface area contributed by atoms with E-state index in [-0.39, 0.29) is 0 Å². The third kappa shape index (κ3) is 3.63. The Balaban J connectivity index is 2.29. The van der Waals surface area contributed by atoms with E-state index < -0.39 is 10.0 Å². The molecule has 21 heavy (non-hydrogen) atoms. The summed E-state index contributed by atoms with van der Waals surface area (Å²) in [7, 11) is 2.43. The van der Waals surface area contributed by atoms with Gasteiger partial charge in [-0.05, 0) is 45.6 Å². The van der Waals surface area contributed by atoms with Crippen LogP contribution < -0.4 is 5.32 Å². The van der Waals surface area contributed by atoms with Gasteiger partial charge in [0.25, 0.3) is 0 Å². The maximum absolute atomic E-state index is 12.9. The first-order chi connectivity index (χ1) is 9.96. The van der Waals surface area contributed by atoms with Gasteiger partial charge >= 0.3 is 0 Å². The van der Waals surface area contributed by atoms with E-state index in [0.29, 0.717) is 30.6 Å². The predicted octanol–water partition coefficient (Wildman–Crippen LogP) is 1.12. The third-order valence-corrected chi connectivity index (χ3v) is 6.01. The molecule has 0 saturated carbocycles. The minimum Gasteiger partial charge on any atom is -0.316 e. The largest absolute Gasteiger partial charge is 0.316 e. The van der Waals surface area contributed by atoms with Crippen molar-refractivity contribution in [2.24, 2.45) is 0 Å². The molecular weight excluding hydrogens is 286 g/mol. The Kier molecular flexibility index (Phi) is 5.37. The minimum absolute atomic E-state index is 0.296. The van der Waals surface area contributed by atoms with Crippen LogP contribution >= 0.6 is 0 Å². The molecule has 1 heterocycles. The van der Waals surface area contributed by atoms with Crippen LogP contribution in [0.1, 0.15) is 18.4 Å². The fourth-order valence-corrected chi connectivity index (χ4v) is 4.53. The highest BCUT2D eigenvalue weighted by Gasteiger charge is 2.32. The van der Waals surface area contributed by atoms with Crippen LogP contribution in [0.3, 0.4) is 0 Å². The SMILES string of the molecule is CNCc1ccccc1S(=O)(=O)N1CCCC(N(C)C)C1. The van der Waals surface area contributed by atoms with E-state index in [1.807, 2.05) is 33.3 Å². The molecule has 1 aromatic carbocycles. The van der Waals surface area contributed by atoms with Crippen LogP contribution in [0, 0.1) is 0 Å². The van der Waals surface area contributed by atoms with Gasteiger partial charge in [0.05, 0.1) is 4.90 Å². The predicted molar refractivity (Wildman–Crippen MR) is 84.7 cm³/mol. The van der Waals surface area contributed by atoms with Gasteiger partial charge in [-0.1, -0.05) is 18.2 Å². The zero-order chi connectivity index (χ0) is 15.5. The lowest BCUT2D eigenvalue weighted by Gasteiger charge is -2.35. The van der Waals surface area contributed by atoms with Crippen LogP contribution in [0.4, 0.5) is 0 Å². The molecule has 5 nitrogen and oxygen atoms in total. The molecule has 1 aliphatic heterocycles. The minimum atomic E-state index is -3.41. The van der Waals surface area contributed by atoms with E-state index in [2.05, 4.69) is 10.2 Å². The van der Waals surface area contributed by atoms with Crippen molar-refractivity contribution >= 4 is 10.0 Å². The fraction of sp³-hybridized carbons (Fsp3) is 0.600. The fourth-order valence-electron chi connectivity index (χ4n) is 2.79. The molecule has 0 aromatic heterocycles. The monoisotopic (exact) mass is 311 g/mol. The summed E-state index contributed by atoms with van der Waals surface area (Å²) in [6.07, 6.45) is 1.97. The second kappa shape index (κ2) is 6.87. The topological polar surface area (TPSA) is 52.7 Å². The Bertz CT molecular complexity index is 572. The first kappa shape index (κ1) is 16.4. The van der Waals surface area contributed by atoms with Gasteiger partial charge in [-0.2, -0.15) is 4.31 Å². The van der Waals surface area contributed by atoms with Crippen molar-refractivity contribution < 1.29 is 8.42 Å². The lowest BCUT2D eigenvalue weighted by molar-refractivity contribution is 0.190. The van der Waals surface area contributed by atoms with Crippen molar-refractivity contribution in [1.82, 2.24) is 14.5 Å². The molecule has 2 rings (SSSR count). The van der Waals surface area contributed by atoms with Crippen molar-refractivity contribution in [3.8, 4) is 0 Å². The van der Waals surface area contributed by atoms with Crippen LogP contribution in [-0.2, 0) is 16.6 Å². The second-order valence-electron chi connectivity index (χ2n) is 5.76. The Hall–Kier alpha value is -0.950. The van der Waals surface area contributed by atoms with Crippen molar-refractivity contribution in [2.45, 2.75) is 30.3 Å². The van der Waals surface area contributed by atoms with Crippen molar-refractivity contribution in [3.05, 3.63) is 29.8 Å². The van der Waals surface area contributed by atoms with Gasteiger partial charge in [0, 0.05) is 25.7 Å². The Morgan fingerprint density at radius 2 is 2.05 bits per heavy atom. The van der Waals surface area contributed by atoms with E-state index in [0.717, 1.165) is 18.4 Å². The van der Waals surface area contributed by atoms with E-state index >= 15 is 0 Å². The van der Waals surface area contributed by atoms with E-state index in [1.54, 1.807) is 16.4 Å². The molecule has 0 amide bonds. The summed E-state index contributed by atoms with van der Waals surface area (Å²) < 4.78 is 27.5. The molecular formula is C15H25N3O2S. The zero-order valence-corrected chi connectivity index (χ0v) is 13.9.